The molecule has 1 rings (SSSR count). The average Bonchev–Trinajstić information content (AvgIpc) is 2.04. The van der Waals surface area contributed by atoms with Crippen molar-refractivity contribution in [3.05, 3.63) is 35.1 Å². The van der Waals surface area contributed by atoms with Gasteiger partial charge in [-0.25, -0.2) is 4.39 Å². The van der Waals surface area contributed by atoms with E-state index >= 15 is 0 Å². The van der Waals surface area contributed by atoms with E-state index in [2.05, 4.69) is 0 Å². The van der Waals surface area contributed by atoms with E-state index in [1.54, 1.807) is 0 Å². The third-order valence-electron chi connectivity index (χ3n) is 1.75. The van der Waals surface area contributed by atoms with Gasteiger partial charge in [0.05, 0.1) is 5.56 Å². The average molecular weight is 281 g/mol. The van der Waals surface area contributed by atoms with Crippen molar-refractivity contribution in [2.45, 2.75) is 11.9 Å². The smallest absolute Gasteiger partial charge is 0.285 e. The van der Waals surface area contributed by atoms with E-state index in [0.29, 0.717) is 12.1 Å². The molecule has 0 atom stereocenters. The molecule has 0 fully saturated rings. The topological polar surface area (TPSA) is 54.4 Å². The molecule has 0 saturated carbocycles. The van der Waals surface area contributed by atoms with Crippen molar-refractivity contribution in [3.8, 4) is 0 Å². The Kier molecular flexibility index (Phi) is 5.61. The molecule has 0 aliphatic carbocycles. The van der Waals surface area contributed by atoms with Gasteiger partial charge < -0.3 is 0 Å². The molecule has 0 bridgehead atoms. The first kappa shape index (κ1) is 16.9. The van der Waals surface area contributed by atoms with Gasteiger partial charge in [0.1, 0.15) is 11.6 Å². The Bertz CT molecular complexity index is 498. The van der Waals surface area contributed by atoms with Crippen molar-refractivity contribution in [3.63, 3.8) is 0 Å². The molecule has 1 N–H and O–H groups in total. The molecule has 1 aromatic carbocycles. The first-order valence-corrected chi connectivity index (χ1v) is 5.52. The normalized spacial score (nSPS) is 12.1. The minimum atomic E-state index is -4.87. The number of hydrogen-bond donors (Lipinski definition) is 1. The van der Waals surface area contributed by atoms with Crippen molar-refractivity contribution in [1.29, 1.82) is 0 Å². The van der Waals surface area contributed by atoms with Gasteiger partial charge in [-0.05, 0) is 12.1 Å². The first-order chi connectivity index (χ1) is 7.11. The molecule has 0 saturated heterocycles. The van der Waals surface area contributed by atoms with Gasteiger partial charge in [-0.2, -0.15) is 21.6 Å². The van der Waals surface area contributed by atoms with E-state index in [0.717, 1.165) is 6.07 Å². The van der Waals surface area contributed by atoms with Crippen molar-refractivity contribution in [2.75, 3.05) is 0 Å². The fourth-order valence-electron chi connectivity index (χ4n) is 1.15. The fraction of sp³-hybridized carbons (Fsp3) is 0.250. The molecule has 0 amide bonds. The van der Waals surface area contributed by atoms with Gasteiger partial charge in [-0.15, -0.1) is 0 Å². The number of hydrogen-bond acceptors (Lipinski definition) is 2. The third-order valence-corrected chi connectivity index (χ3v) is 2.40. The molecule has 3 nitrogen and oxygen atoms in total. The summed E-state index contributed by atoms with van der Waals surface area (Å²) in [7, 11) is -4.72. The SMILES string of the molecule is O=S(=O)(O)Cc1c(F)cccc1C(F)(F)F.[Na]. The Labute approximate surface area is 117 Å². The van der Waals surface area contributed by atoms with E-state index in [9.17, 15) is 26.0 Å². The Balaban J connectivity index is 0.00000256. The Morgan fingerprint density at radius 1 is 1.24 bits per heavy atom. The number of alkyl halides is 3. The molecule has 9 heteroatoms. The van der Waals surface area contributed by atoms with E-state index in [4.69, 9.17) is 4.55 Å². The van der Waals surface area contributed by atoms with Crippen LogP contribution >= 0.6 is 0 Å². The zero-order chi connectivity index (χ0) is 12.6. The van der Waals surface area contributed by atoms with Crippen LogP contribution in [0.5, 0.6) is 0 Å². The molecule has 0 aromatic heterocycles. The van der Waals surface area contributed by atoms with E-state index < -0.39 is 39.0 Å². The van der Waals surface area contributed by atoms with Crippen molar-refractivity contribution < 1.29 is 30.5 Å². The number of halogens is 4. The molecule has 0 unspecified atom stereocenters. The fourth-order valence-corrected chi connectivity index (χ4v) is 1.81. The van der Waals surface area contributed by atoms with Gasteiger partial charge in [-0.1, -0.05) is 6.07 Å². The summed E-state index contributed by atoms with van der Waals surface area (Å²) < 4.78 is 79.4. The van der Waals surface area contributed by atoms with Crippen LogP contribution in [-0.2, 0) is 22.0 Å². The van der Waals surface area contributed by atoms with Crippen LogP contribution in [0.3, 0.4) is 0 Å². The second kappa shape index (κ2) is 5.66. The van der Waals surface area contributed by atoms with Crippen LogP contribution in [0.25, 0.3) is 0 Å². The summed E-state index contributed by atoms with van der Waals surface area (Å²) in [6, 6.07) is 2.05. The summed E-state index contributed by atoms with van der Waals surface area (Å²) in [6.45, 7) is 0. The second-order valence-corrected chi connectivity index (χ2v) is 4.44. The molecule has 1 radical (unpaired) electrons. The predicted molar refractivity (Wildman–Crippen MR) is 52.4 cm³/mol. The van der Waals surface area contributed by atoms with Crippen LogP contribution in [0, 0.1) is 5.82 Å². The Morgan fingerprint density at radius 2 is 1.76 bits per heavy atom. The quantitative estimate of drug-likeness (QED) is 0.511. The molecular weight excluding hydrogens is 275 g/mol. The van der Waals surface area contributed by atoms with Crippen molar-refractivity contribution >= 4 is 39.7 Å². The van der Waals surface area contributed by atoms with E-state index in [1.165, 1.54) is 0 Å². The molecule has 0 aliphatic heterocycles. The molecular formula is C8H6F4NaO3S. The summed E-state index contributed by atoms with van der Waals surface area (Å²) in [6.07, 6.45) is -4.87. The monoisotopic (exact) mass is 281 g/mol. The number of benzene rings is 1. The van der Waals surface area contributed by atoms with Crippen LogP contribution < -0.4 is 0 Å². The van der Waals surface area contributed by atoms with Gasteiger partial charge >= 0.3 is 6.18 Å². The summed E-state index contributed by atoms with van der Waals surface area (Å²) >= 11 is 0. The molecule has 0 aliphatic rings. The number of rotatable bonds is 2. The largest absolute Gasteiger partial charge is 0.416 e. The van der Waals surface area contributed by atoms with Crippen molar-refractivity contribution in [2.24, 2.45) is 0 Å². The summed E-state index contributed by atoms with van der Waals surface area (Å²) in [5, 5.41) is 0. The minimum absolute atomic E-state index is 0. The van der Waals surface area contributed by atoms with E-state index in [-0.39, 0.29) is 29.6 Å². The molecule has 0 heterocycles. The van der Waals surface area contributed by atoms with Crippen LogP contribution in [0.15, 0.2) is 18.2 Å². The minimum Gasteiger partial charge on any atom is -0.285 e. The van der Waals surface area contributed by atoms with Gasteiger partial charge in [0.2, 0.25) is 0 Å². The molecule has 0 spiro atoms. The van der Waals surface area contributed by atoms with Crippen LogP contribution in [0.1, 0.15) is 11.1 Å². The second-order valence-electron chi connectivity index (χ2n) is 2.99. The Hall–Kier alpha value is -0.150. The van der Waals surface area contributed by atoms with Crippen LogP contribution in [0.2, 0.25) is 0 Å². The van der Waals surface area contributed by atoms with Crippen LogP contribution in [-0.4, -0.2) is 42.5 Å². The zero-order valence-corrected chi connectivity index (χ0v) is 11.4. The first-order valence-electron chi connectivity index (χ1n) is 3.91. The van der Waals surface area contributed by atoms with Gasteiger partial charge in [0, 0.05) is 35.1 Å². The summed E-state index contributed by atoms with van der Waals surface area (Å²) in [5.41, 5.74) is -2.50. The van der Waals surface area contributed by atoms with Gasteiger partial charge in [0.15, 0.2) is 0 Å². The molecule has 17 heavy (non-hydrogen) atoms. The third kappa shape index (κ3) is 4.92. The Morgan fingerprint density at radius 3 is 2.18 bits per heavy atom. The molecule has 91 valence electrons. The maximum atomic E-state index is 13.0. The maximum Gasteiger partial charge on any atom is 0.416 e. The predicted octanol–water partition coefficient (Wildman–Crippen LogP) is 1.85. The van der Waals surface area contributed by atoms with Crippen LogP contribution in [0.4, 0.5) is 17.6 Å². The standard InChI is InChI=1S/C8H6F4O3S.Na/c9-7-3-1-2-6(8(10,11)12)5(7)4-16(13,14)15;/h1-3H,4H2,(H,13,14,15);. The van der Waals surface area contributed by atoms with E-state index in [1.807, 2.05) is 0 Å². The summed E-state index contributed by atoms with van der Waals surface area (Å²) in [5.74, 6) is -2.73. The van der Waals surface area contributed by atoms with Gasteiger partial charge in [0.25, 0.3) is 10.1 Å². The van der Waals surface area contributed by atoms with Crippen molar-refractivity contribution in [1.82, 2.24) is 0 Å². The summed E-state index contributed by atoms with van der Waals surface area (Å²) in [4.78, 5) is 0. The van der Waals surface area contributed by atoms with Gasteiger partial charge in [-0.3, -0.25) is 4.55 Å². The maximum absolute atomic E-state index is 13.0. The zero-order valence-electron chi connectivity index (χ0n) is 8.62. The molecule has 1 aromatic rings.